The van der Waals surface area contributed by atoms with Gasteiger partial charge in [0.1, 0.15) is 6.04 Å². The van der Waals surface area contributed by atoms with Crippen LogP contribution >= 0.6 is 0 Å². The highest BCUT2D eigenvalue weighted by Gasteiger charge is 2.45. The first-order chi connectivity index (χ1) is 8.67. The van der Waals surface area contributed by atoms with Crippen molar-refractivity contribution >= 4 is 11.8 Å². The molecule has 0 bridgehead atoms. The Balaban J connectivity index is 2.01. The Morgan fingerprint density at radius 3 is 2.61 bits per heavy atom. The molecule has 18 heavy (non-hydrogen) atoms. The number of amides is 2. The third-order valence-corrected chi connectivity index (χ3v) is 4.02. The van der Waals surface area contributed by atoms with Gasteiger partial charge in [-0.2, -0.15) is 0 Å². The molecule has 0 aromatic carbocycles. The summed E-state index contributed by atoms with van der Waals surface area (Å²) in [6.45, 7) is 4.84. The zero-order valence-corrected chi connectivity index (χ0v) is 11.4. The van der Waals surface area contributed by atoms with Crippen LogP contribution in [0, 0.1) is 5.92 Å². The number of carbonyl (C=O) groups is 2. The van der Waals surface area contributed by atoms with E-state index in [1.165, 1.54) is 12.8 Å². The molecule has 2 rings (SSSR count). The lowest BCUT2D eigenvalue weighted by molar-refractivity contribution is -0.134. The highest BCUT2D eigenvalue weighted by atomic mass is 16.2. The van der Waals surface area contributed by atoms with Crippen molar-refractivity contribution in [1.29, 1.82) is 0 Å². The lowest BCUT2D eigenvalue weighted by Gasteiger charge is -2.24. The van der Waals surface area contributed by atoms with Crippen molar-refractivity contribution in [1.82, 2.24) is 10.2 Å². The van der Waals surface area contributed by atoms with Crippen LogP contribution in [0.1, 0.15) is 52.4 Å². The Morgan fingerprint density at radius 2 is 1.94 bits per heavy atom. The van der Waals surface area contributed by atoms with Crippen molar-refractivity contribution in [2.24, 2.45) is 5.92 Å². The Bertz CT molecular complexity index is 330. The molecule has 4 nitrogen and oxygen atoms in total. The second-order valence-corrected chi connectivity index (χ2v) is 5.54. The van der Waals surface area contributed by atoms with Gasteiger partial charge in [-0.1, -0.05) is 26.7 Å². The molecule has 4 heteroatoms. The number of nitrogens with zero attached hydrogens (tertiary/aromatic N) is 1. The number of hydrogen-bond donors (Lipinski definition) is 1. The summed E-state index contributed by atoms with van der Waals surface area (Å²) in [6, 6.07) is 0.123. The van der Waals surface area contributed by atoms with Crippen molar-refractivity contribution in [3.8, 4) is 0 Å². The summed E-state index contributed by atoms with van der Waals surface area (Å²) in [6.07, 6.45) is 5.65. The quantitative estimate of drug-likeness (QED) is 0.809. The molecule has 0 aromatic heterocycles. The summed E-state index contributed by atoms with van der Waals surface area (Å²) < 4.78 is 0. The van der Waals surface area contributed by atoms with E-state index in [0.717, 1.165) is 19.3 Å². The largest absolute Gasteiger partial charge is 0.344 e. The van der Waals surface area contributed by atoms with E-state index in [4.69, 9.17) is 0 Å². The summed E-state index contributed by atoms with van der Waals surface area (Å²) in [5.74, 6) is 0.845. The van der Waals surface area contributed by atoms with E-state index in [9.17, 15) is 9.59 Å². The minimum atomic E-state index is -0.284. The first kappa shape index (κ1) is 13.4. The molecule has 1 saturated heterocycles. The summed E-state index contributed by atoms with van der Waals surface area (Å²) in [5.41, 5.74) is 0. The van der Waals surface area contributed by atoms with Crippen molar-refractivity contribution in [3.63, 3.8) is 0 Å². The molecule has 0 radical (unpaired) electrons. The molecule has 0 spiro atoms. The van der Waals surface area contributed by atoms with E-state index in [1.807, 2.05) is 11.8 Å². The van der Waals surface area contributed by atoms with Crippen LogP contribution < -0.4 is 5.32 Å². The summed E-state index contributed by atoms with van der Waals surface area (Å²) in [5, 5.41) is 2.86. The lowest BCUT2D eigenvalue weighted by Crippen LogP contribution is -2.45. The monoisotopic (exact) mass is 252 g/mol. The fourth-order valence-corrected chi connectivity index (χ4v) is 2.97. The van der Waals surface area contributed by atoms with Crippen molar-refractivity contribution < 1.29 is 9.59 Å². The molecule has 2 amide bonds. The van der Waals surface area contributed by atoms with E-state index >= 15 is 0 Å². The maximum atomic E-state index is 12.4. The van der Waals surface area contributed by atoms with Gasteiger partial charge < -0.3 is 10.2 Å². The molecule has 1 aliphatic heterocycles. The van der Waals surface area contributed by atoms with Crippen LogP contribution in [-0.4, -0.2) is 35.3 Å². The van der Waals surface area contributed by atoms with Crippen LogP contribution in [-0.2, 0) is 9.59 Å². The molecule has 1 saturated carbocycles. The zero-order valence-electron chi connectivity index (χ0n) is 11.4. The summed E-state index contributed by atoms with van der Waals surface area (Å²) >= 11 is 0. The molecule has 3 atom stereocenters. The molecular formula is C14H24N2O2. The fraction of sp³-hybridized carbons (Fsp3) is 0.857. The van der Waals surface area contributed by atoms with Crippen LogP contribution in [0.2, 0.25) is 0 Å². The maximum absolute atomic E-state index is 12.4. The molecule has 2 fully saturated rings. The van der Waals surface area contributed by atoms with E-state index in [-0.39, 0.29) is 17.9 Å². The molecule has 0 aromatic rings. The molecule has 2 aliphatic rings. The van der Waals surface area contributed by atoms with Gasteiger partial charge in [0.05, 0.1) is 0 Å². The van der Waals surface area contributed by atoms with E-state index in [2.05, 4.69) is 12.2 Å². The Morgan fingerprint density at radius 1 is 1.22 bits per heavy atom. The average molecular weight is 252 g/mol. The van der Waals surface area contributed by atoms with Crippen molar-refractivity contribution in [2.45, 2.75) is 64.5 Å². The predicted octanol–water partition coefficient (Wildman–Crippen LogP) is 1.69. The number of carbonyl (C=O) groups excluding carboxylic acids is 2. The van der Waals surface area contributed by atoms with Gasteiger partial charge in [0.2, 0.25) is 11.8 Å². The highest BCUT2D eigenvalue weighted by molar-refractivity contribution is 5.90. The van der Waals surface area contributed by atoms with E-state index in [0.29, 0.717) is 24.9 Å². The van der Waals surface area contributed by atoms with Gasteiger partial charge in [-0.15, -0.1) is 0 Å². The number of hydrogen-bond acceptors (Lipinski definition) is 2. The standard InChI is InChI=1S/C14H24N2O2/c1-3-5-10-9-12(10)16-8-7-13(17)15-11(6-4-2)14(16)18/h10-12H,3-9H2,1-2H3,(H,15,17). The van der Waals surface area contributed by atoms with Gasteiger partial charge in [0.15, 0.2) is 0 Å². The highest BCUT2D eigenvalue weighted by Crippen LogP contribution is 2.40. The fourth-order valence-electron chi connectivity index (χ4n) is 2.97. The van der Waals surface area contributed by atoms with Crippen molar-refractivity contribution in [3.05, 3.63) is 0 Å². The minimum Gasteiger partial charge on any atom is -0.344 e. The van der Waals surface area contributed by atoms with Gasteiger partial charge >= 0.3 is 0 Å². The first-order valence-electron chi connectivity index (χ1n) is 7.27. The van der Waals surface area contributed by atoms with Gasteiger partial charge in [-0.05, 0) is 25.2 Å². The van der Waals surface area contributed by atoms with Gasteiger partial charge in [0, 0.05) is 19.0 Å². The van der Waals surface area contributed by atoms with Crippen LogP contribution in [0.3, 0.4) is 0 Å². The Labute approximate surface area is 109 Å². The molecular weight excluding hydrogens is 228 g/mol. The Hall–Kier alpha value is -1.06. The molecule has 1 N–H and O–H groups in total. The predicted molar refractivity (Wildman–Crippen MR) is 70.0 cm³/mol. The van der Waals surface area contributed by atoms with Gasteiger partial charge in [-0.25, -0.2) is 0 Å². The van der Waals surface area contributed by atoms with Gasteiger partial charge in [0.25, 0.3) is 0 Å². The van der Waals surface area contributed by atoms with Gasteiger partial charge in [-0.3, -0.25) is 9.59 Å². The maximum Gasteiger partial charge on any atom is 0.245 e. The van der Waals surface area contributed by atoms with E-state index in [1.54, 1.807) is 0 Å². The van der Waals surface area contributed by atoms with Crippen LogP contribution in [0.4, 0.5) is 0 Å². The molecule has 1 heterocycles. The van der Waals surface area contributed by atoms with E-state index < -0.39 is 0 Å². The third-order valence-electron chi connectivity index (χ3n) is 4.02. The van der Waals surface area contributed by atoms with Crippen LogP contribution in [0.25, 0.3) is 0 Å². The van der Waals surface area contributed by atoms with Crippen LogP contribution in [0.5, 0.6) is 0 Å². The first-order valence-corrected chi connectivity index (χ1v) is 7.27. The molecule has 1 aliphatic carbocycles. The second-order valence-electron chi connectivity index (χ2n) is 5.54. The SMILES string of the molecule is CCCC1NC(=O)CCN(C2CC2CCC)C1=O. The Kier molecular flexibility index (Phi) is 4.25. The minimum absolute atomic E-state index is 0.0250. The lowest BCUT2D eigenvalue weighted by atomic mass is 10.1. The summed E-state index contributed by atoms with van der Waals surface area (Å²) in [4.78, 5) is 26.0. The normalized spacial score (nSPS) is 32.1. The molecule has 102 valence electrons. The second kappa shape index (κ2) is 5.72. The summed E-state index contributed by atoms with van der Waals surface area (Å²) in [7, 11) is 0. The zero-order chi connectivity index (χ0) is 13.1. The number of rotatable bonds is 5. The topological polar surface area (TPSA) is 49.4 Å². The van der Waals surface area contributed by atoms with Crippen molar-refractivity contribution in [2.75, 3.05) is 6.54 Å². The third kappa shape index (κ3) is 2.85. The average Bonchev–Trinajstić information content (AvgIpc) is 3.08. The molecule has 3 unspecified atom stereocenters. The smallest absolute Gasteiger partial charge is 0.245 e. The van der Waals surface area contributed by atoms with Crippen LogP contribution in [0.15, 0.2) is 0 Å². The number of nitrogens with one attached hydrogen (secondary N) is 1.